The van der Waals surface area contributed by atoms with Gasteiger partial charge in [0, 0.05) is 6.54 Å². The molecule has 114 valence electrons. The van der Waals surface area contributed by atoms with Crippen molar-refractivity contribution in [1.29, 1.82) is 0 Å². The minimum absolute atomic E-state index is 0.127. The van der Waals surface area contributed by atoms with Crippen molar-refractivity contribution in [3.8, 4) is 0 Å². The van der Waals surface area contributed by atoms with Gasteiger partial charge in [-0.1, -0.05) is 0 Å². The van der Waals surface area contributed by atoms with E-state index in [1.807, 2.05) is 0 Å². The molecule has 0 bridgehead atoms. The molecule has 0 spiro atoms. The third kappa shape index (κ3) is 3.61. The fourth-order valence-electron chi connectivity index (χ4n) is 1.99. The molecule has 0 aromatic carbocycles. The zero-order chi connectivity index (χ0) is 15.5. The third-order valence-electron chi connectivity index (χ3n) is 2.97. The molecule has 2 atom stereocenters. The first kappa shape index (κ1) is 16.3. The van der Waals surface area contributed by atoms with Crippen molar-refractivity contribution in [1.82, 2.24) is 10.2 Å². The third-order valence-corrected chi connectivity index (χ3v) is 2.97. The summed E-state index contributed by atoms with van der Waals surface area (Å²) in [5.74, 6) is -3.55. The summed E-state index contributed by atoms with van der Waals surface area (Å²) in [6.07, 6.45) is -4.59. The molecule has 1 aliphatic rings. The van der Waals surface area contributed by atoms with Crippen molar-refractivity contribution in [2.24, 2.45) is 0 Å². The second-order valence-corrected chi connectivity index (χ2v) is 4.41. The van der Waals surface area contributed by atoms with E-state index in [-0.39, 0.29) is 13.0 Å². The summed E-state index contributed by atoms with van der Waals surface area (Å²) in [6, 6.07) is -2.20. The molecule has 1 heterocycles. The lowest BCUT2D eigenvalue weighted by Gasteiger charge is -2.25. The number of hydrogen-bond acceptors (Lipinski definition) is 4. The van der Waals surface area contributed by atoms with Crippen LogP contribution in [0.2, 0.25) is 0 Å². The first-order valence-electron chi connectivity index (χ1n) is 5.94. The van der Waals surface area contributed by atoms with Crippen LogP contribution >= 0.6 is 0 Å². The monoisotopic (exact) mass is 296 g/mol. The Morgan fingerprint density at radius 1 is 1.35 bits per heavy atom. The molecule has 1 fully saturated rings. The van der Waals surface area contributed by atoms with Gasteiger partial charge < -0.3 is 15.0 Å². The molecule has 0 unspecified atom stereocenters. The molecule has 1 rings (SSSR count). The fourth-order valence-corrected chi connectivity index (χ4v) is 1.99. The molecular weight excluding hydrogens is 281 g/mol. The van der Waals surface area contributed by atoms with Gasteiger partial charge in [-0.15, -0.1) is 0 Å². The molecule has 20 heavy (non-hydrogen) atoms. The largest absolute Gasteiger partial charge is 0.471 e. The van der Waals surface area contributed by atoms with Crippen LogP contribution in [0.25, 0.3) is 0 Å². The Morgan fingerprint density at radius 2 is 1.95 bits per heavy atom. The van der Waals surface area contributed by atoms with Crippen LogP contribution in [-0.2, 0) is 19.1 Å². The van der Waals surface area contributed by atoms with Crippen LogP contribution in [0.3, 0.4) is 0 Å². The molecule has 0 aromatic heterocycles. The van der Waals surface area contributed by atoms with Gasteiger partial charge in [-0.2, -0.15) is 13.2 Å². The number of nitrogens with zero attached hydrogens (tertiary/aromatic N) is 1. The van der Waals surface area contributed by atoms with Gasteiger partial charge in [0.25, 0.3) is 0 Å². The SMILES string of the molecule is COC(=O)[C@@H](C)NC(=O)[C@@H]1CCCN1C(=O)C(F)(F)F. The predicted molar refractivity (Wildman–Crippen MR) is 60.4 cm³/mol. The Morgan fingerprint density at radius 3 is 2.45 bits per heavy atom. The number of carbonyl (C=O) groups excluding carboxylic acids is 3. The maximum atomic E-state index is 12.4. The molecule has 0 aromatic rings. The van der Waals surface area contributed by atoms with Gasteiger partial charge in [0.2, 0.25) is 5.91 Å². The van der Waals surface area contributed by atoms with Gasteiger partial charge in [-0.3, -0.25) is 9.59 Å². The minimum atomic E-state index is -5.02. The first-order chi connectivity index (χ1) is 9.18. The van der Waals surface area contributed by atoms with Crippen LogP contribution in [0.1, 0.15) is 19.8 Å². The summed E-state index contributed by atoms with van der Waals surface area (Å²) in [5, 5.41) is 2.23. The lowest BCUT2D eigenvalue weighted by Crippen LogP contribution is -2.52. The summed E-state index contributed by atoms with van der Waals surface area (Å²) in [5.41, 5.74) is 0. The van der Waals surface area contributed by atoms with E-state index in [1.165, 1.54) is 6.92 Å². The standard InChI is InChI=1S/C11H15F3N2O4/c1-6(9(18)20-2)15-8(17)7-4-3-5-16(7)10(19)11(12,13)14/h6-7H,3-5H2,1-2H3,(H,15,17)/t6-,7+/m1/s1. The highest BCUT2D eigenvalue weighted by molar-refractivity contribution is 5.92. The van der Waals surface area contributed by atoms with Crippen LogP contribution in [-0.4, -0.2) is 54.6 Å². The van der Waals surface area contributed by atoms with E-state index >= 15 is 0 Å². The van der Waals surface area contributed by atoms with Crippen molar-refractivity contribution in [2.45, 2.75) is 38.0 Å². The van der Waals surface area contributed by atoms with E-state index in [9.17, 15) is 27.6 Å². The maximum absolute atomic E-state index is 12.4. The number of halogens is 3. The van der Waals surface area contributed by atoms with Crippen molar-refractivity contribution in [3.05, 3.63) is 0 Å². The number of likely N-dealkylation sites (tertiary alicyclic amines) is 1. The number of nitrogens with one attached hydrogen (secondary N) is 1. The van der Waals surface area contributed by atoms with Crippen LogP contribution in [0.4, 0.5) is 13.2 Å². The number of methoxy groups -OCH3 is 1. The van der Waals surface area contributed by atoms with E-state index in [1.54, 1.807) is 0 Å². The Hall–Kier alpha value is -1.80. The summed E-state index contributed by atoms with van der Waals surface area (Å²) < 4.78 is 41.5. The Kier molecular flexibility index (Phi) is 4.96. The molecule has 0 saturated carbocycles. The number of amides is 2. The number of carbonyl (C=O) groups is 3. The zero-order valence-corrected chi connectivity index (χ0v) is 11.0. The average molecular weight is 296 g/mol. The van der Waals surface area contributed by atoms with Crippen LogP contribution in [0.5, 0.6) is 0 Å². The molecule has 0 radical (unpaired) electrons. The van der Waals surface area contributed by atoms with Crippen molar-refractivity contribution in [2.75, 3.05) is 13.7 Å². The number of alkyl halides is 3. The molecule has 1 N–H and O–H groups in total. The summed E-state index contributed by atoms with van der Waals surface area (Å²) in [7, 11) is 1.13. The van der Waals surface area contributed by atoms with Crippen LogP contribution < -0.4 is 5.32 Å². The van der Waals surface area contributed by atoms with Crippen LogP contribution in [0, 0.1) is 0 Å². The lowest BCUT2D eigenvalue weighted by atomic mass is 10.2. The molecule has 0 aliphatic carbocycles. The van der Waals surface area contributed by atoms with Crippen LogP contribution in [0.15, 0.2) is 0 Å². The van der Waals surface area contributed by atoms with E-state index in [0.717, 1.165) is 7.11 Å². The molecule has 2 amide bonds. The second-order valence-electron chi connectivity index (χ2n) is 4.41. The highest BCUT2D eigenvalue weighted by Crippen LogP contribution is 2.25. The minimum Gasteiger partial charge on any atom is -0.467 e. The Bertz CT molecular complexity index is 411. The predicted octanol–water partition coefficient (Wildman–Crippen LogP) is 0.217. The molecular formula is C11H15F3N2O4. The van der Waals surface area contributed by atoms with Gasteiger partial charge in [0.05, 0.1) is 7.11 Å². The summed E-state index contributed by atoms with van der Waals surface area (Å²) >= 11 is 0. The quantitative estimate of drug-likeness (QED) is 0.756. The van der Waals surface area contributed by atoms with Gasteiger partial charge in [-0.25, -0.2) is 4.79 Å². The topological polar surface area (TPSA) is 75.7 Å². The number of ether oxygens (including phenoxy) is 1. The van der Waals surface area contributed by atoms with Gasteiger partial charge in [-0.05, 0) is 19.8 Å². The number of esters is 1. The average Bonchev–Trinajstić information content (AvgIpc) is 2.84. The van der Waals surface area contributed by atoms with E-state index < -0.39 is 36.0 Å². The number of rotatable bonds is 3. The highest BCUT2D eigenvalue weighted by Gasteiger charge is 2.47. The van der Waals surface area contributed by atoms with E-state index in [0.29, 0.717) is 11.3 Å². The summed E-state index contributed by atoms with van der Waals surface area (Å²) in [6.45, 7) is 1.21. The van der Waals surface area contributed by atoms with Crippen molar-refractivity contribution >= 4 is 17.8 Å². The lowest BCUT2D eigenvalue weighted by molar-refractivity contribution is -0.186. The van der Waals surface area contributed by atoms with Crippen molar-refractivity contribution < 1.29 is 32.3 Å². The second kappa shape index (κ2) is 6.10. The molecule has 1 saturated heterocycles. The number of hydrogen-bond donors (Lipinski definition) is 1. The maximum Gasteiger partial charge on any atom is 0.471 e. The Balaban J connectivity index is 2.72. The zero-order valence-electron chi connectivity index (χ0n) is 11.0. The molecule has 6 nitrogen and oxygen atoms in total. The fraction of sp³-hybridized carbons (Fsp3) is 0.727. The van der Waals surface area contributed by atoms with Gasteiger partial charge in [0.15, 0.2) is 0 Å². The van der Waals surface area contributed by atoms with E-state index in [2.05, 4.69) is 10.1 Å². The highest BCUT2D eigenvalue weighted by atomic mass is 19.4. The molecule has 9 heteroatoms. The Labute approximate surface area is 113 Å². The van der Waals surface area contributed by atoms with E-state index in [4.69, 9.17) is 0 Å². The normalized spacial score (nSPS) is 20.4. The van der Waals surface area contributed by atoms with Gasteiger partial charge in [0.1, 0.15) is 12.1 Å². The molecule has 1 aliphatic heterocycles. The van der Waals surface area contributed by atoms with Gasteiger partial charge >= 0.3 is 18.1 Å². The van der Waals surface area contributed by atoms with Crippen molar-refractivity contribution in [3.63, 3.8) is 0 Å². The first-order valence-corrected chi connectivity index (χ1v) is 5.94. The smallest absolute Gasteiger partial charge is 0.467 e. The summed E-state index contributed by atoms with van der Waals surface area (Å²) in [4.78, 5) is 34.6.